The fraction of sp³-hybridized carbons (Fsp3) is 0. The van der Waals surface area contributed by atoms with Gasteiger partial charge in [0.2, 0.25) is 0 Å². The molecule has 0 aliphatic heterocycles. The van der Waals surface area contributed by atoms with Gasteiger partial charge in [0.25, 0.3) is 0 Å². The Morgan fingerprint density at radius 3 is 1.21 bits per heavy atom. The molecule has 2 heteroatoms. The van der Waals surface area contributed by atoms with E-state index in [9.17, 15) is 0 Å². The molecule has 0 atom stereocenters. The third kappa shape index (κ3) is 3.21. The Labute approximate surface area is 219 Å². The summed E-state index contributed by atoms with van der Waals surface area (Å²) < 4.78 is 0. The quantitative estimate of drug-likeness (QED) is 0.229. The third-order valence-corrected chi connectivity index (χ3v) is 7.64. The van der Waals surface area contributed by atoms with E-state index < -0.39 is 0 Å². The second-order valence-corrected chi connectivity index (χ2v) is 9.82. The van der Waals surface area contributed by atoms with Crippen LogP contribution >= 0.6 is 0 Å². The van der Waals surface area contributed by atoms with E-state index >= 15 is 0 Å². The van der Waals surface area contributed by atoms with Crippen LogP contribution in [0.5, 0.6) is 0 Å². The molecule has 0 N–H and O–H groups in total. The van der Waals surface area contributed by atoms with E-state index in [1.807, 2.05) is 0 Å². The number of hydrogen-bond donors (Lipinski definition) is 0. The van der Waals surface area contributed by atoms with E-state index in [-0.39, 0.29) is 0 Å². The van der Waals surface area contributed by atoms with Crippen LogP contribution in [0.4, 0.5) is 0 Å². The zero-order chi connectivity index (χ0) is 25.1. The Morgan fingerprint density at radius 2 is 0.711 bits per heavy atom. The zero-order valence-electron chi connectivity index (χ0n) is 20.6. The number of benzene rings is 6. The summed E-state index contributed by atoms with van der Waals surface area (Å²) in [5.74, 6) is 0. The van der Waals surface area contributed by atoms with Gasteiger partial charge in [-0.25, -0.2) is 9.97 Å². The largest absolute Gasteiger partial charge is 0.247 e. The lowest BCUT2D eigenvalue weighted by Crippen LogP contribution is -1.91. The molecular weight excluding hydrogens is 460 g/mol. The van der Waals surface area contributed by atoms with Crippen molar-refractivity contribution in [3.8, 4) is 22.5 Å². The lowest BCUT2D eigenvalue weighted by Gasteiger charge is -2.11. The smallest absolute Gasteiger partial charge is 0.0788 e. The highest BCUT2D eigenvalue weighted by Crippen LogP contribution is 2.35. The summed E-state index contributed by atoms with van der Waals surface area (Å²) in [5.41, 5.74) is 6.29. The average molecular weight is 483 g/mol. The van der Waals surface area contributed by atoms with Gasteiger partial charge in [0.05, 0.1) is 22.4 Å². The Hall–Kier alpha value is -5.08. The third-order valence-electron chi connectivity index (χ3n) is 7.64. The van der Waals surface area contributed by atoms with Crippen molar-refractivity contribution < 1.29 is 0 Å². The maximum Gasteiger partial charge on any atom is 0.0788 e. The first kappa shape index (κ1) is 21.0. The molecule has 0 saturated carbocycles. The van der Waals surface area contributed by atoms with Crippen LogP contribution in [-0.2, 0) is 0 Å². The molecular formula is C36H22N2. The van der Waals surface area contributed by atoms with Gasteiger partial charge in [-0.2, -0.15) is 0 Å². The van der Waals surface area contributed by atoms with E-state index in [0.717, 1.165) is 55.1 Å². The van der Waals surface area contributed by atoms with Crippen LogP contribution in [0.3, 0.4) is 0 Å². The summed E-state index contributed by atoms with van der Waals surface area (Å²) in [6.45, 7) is 0. The van der Waals surface area contributed by atoms with Gasteiger partial charge in [-0.05, 0) is 33.7 Å². The van der Waals surface area contributed by atoms with Gasteiger partial charge in [-0.1, -0.05) is 121 Å². The first-order valence-corrected chi connectivity index (χ1v) is 12.9. The molecule has 8 rings (SSSR count). The standard InChI is InChI=1S/C36H22N2/c1-3-11-27-23(7-1)9-5-13-29(27)33-21-17-25-15-20-32-31(35(25)37-33)19-16-26-18-22-34(38-36(26)32)30-14-6-10-24-8-2-4-12-28(24)30/h1-22H. The molecule has 0 fully saturated rings. The Bertz CT molecular complexity index is 2020. The molecule has 2 aromatic heterocycles. The predicted octanol–water partition coefficient (Wildman–Crippen LogP) is 9.58. The molecule has 0 amide bonds. The summed E-state index contributed by atoms with van der Waals surface area (Å²) in [7, 11) is 0. The molecule has 0 aliphatic rings. The van der Waals surface area contributed by atoms with Crippen molar-refractivity contribution in [2.45, 2.75) is 0 Å². The van der Waals surface area contributed by atoms with Gasteiger partial charge < -0.3 is 0 Å². The minimum absolute atomic E-state index is 0.986. The molecule has 38 heavy (non-hydrogen) atoms. The van der Waals surface area contributed by atoms with Crippen LogP contribution in [-0.4, -0.2) is 9.97 Å². The van der Waals surface area contributed by atoms with Gasteiger partial charge in [-0.15, -0.1) is 0 Å². The van der Waals surface area contributed by atoms with Gasteiger partial charge >= 0.3 is 0 Å². The van der Waals surface area contributed by atoms with Crippen molar-refractivity contribution in [3.05, 3.63) is 133 Å². The topological polar surface area (TPSA) is 25.8 Å². The summed E-state index contributed by atoms with van der Waals surface area (Å²) in [4.78, 5) is 10.4. The van der Waals surface area contributed by atoms with Crippen LogP contribution in [0.15, 0.2) is 133 Å². The minimum Gasteiger partial charge on any atom is -0.247 e. The number of hydrogen-bond acceptors (Lipinski definition) is 2. The van der Waals surface area contributed by atoms with Crippen molar-refractivity contribution in [3.63, 3.8) is 0 Å². The first-order valence-electron chi connectivity index (χ1n) is 12.9. The fourth-order valence-electron chi connectivity index (χ4n) is 5.78. The Balaban J connectivity index is 1.37. The lowest BCUT2D eigenvalue weighted by molar-refractivity contribution is 1.41. The summed E-state index contributed by atoms with van der Waals surface area (Å²) in [6.07, 6.45) is 0. The van der Waals surface area contributed by atoms with Crippen molar-refractivity contribution >= 4 is 54.1 Å². The molecule has 2 heterocycles. The van der Waals surface area contributed by atoms with E-state index in [1.54, 1.807) is 0 Å². The maximum atomic E-state index is 5.22. The van der Waals surface area contributed by atoms with Crippen LogP contribution in [0.25, 0.3) is 76.6 Å². The number of nitrogens with zero attached hydrogens (tertiary/aromatic N) is 2. The summed E-state index contributed by atoms with van der Waals surface area (Å²) in [6, 6.07) is 47.2. The van der Waals surface area contributed by atoms with E-state index in [0.29, 0.717) is 0 Å². The zero-order valence-corrected chi connectivity index (χ0v) is 20.6. The molecule has 0 unspecified atom stereocenters. The van der Waals surface area contributed by atoms with Gasteiger partial charge in [-0.3, -0.25) is 0 Å². The Kier molecular flexibility index (Phi) is 4.55. The average Bonchev–Trinajstić information content (AvgIpc) is 2.99. The van der Waals surface area contributed by atoms with Crippen LogP contribution in [0.2, 0.25) is 0 Å². The number of fused-ring (bicyclic) bond motifs is 7. The van der Waals surface area contributed by atoms with Crippen molar-refractivity contribution in [1.82, 2.24) is 9.97 Å². The van der Waals surface area contributed by atoms with Crippen LogP contribution < -0.4 is 0 Å². The van der Waals surface area contributed by atoms with Crippen molar-refractivity contribution in [1.29, 1.82) is 0 Å². The molecule has 176 valence electrons. The summed E-state index contributed by atoms with van der Waals surface area (Å²) >= 11 is 0. The second kappa shape index (κ2) is 8.22. The molecule has 0 aliphatic carbocycles. The van der Waals surface area contributed by atoms with Gasteiger partial charge in [0.15, 0.2) is 0 Å². The van der Waals surface area contributed by atoms with Crippen LogP contribution in [0, 0.1) is 0 Å². The summed E-state index contributed by atoms with van der Waals surface area (Å²) in [5, 5.41) is 9.39. The predicted molar refractivity (Wildman–Crippen MR) is 160 cm³/mol. The lowest BCUT2D eigenvalue weighted by atomic mass is 9.98. The van der Waals surface area contributed by atoms with E-state index in [2.05, 4.69) is 133 Å². The van der Waals surface area contributed by atoms with Crippen molar-refractivity contribution in [2.75, 3.05) is 0 Å². The molecule has 2 nitrogen and oxygen atoms in total. The molecule has 0 spiro atoms. The molecule has 0 saturated heterocycles. The first-order chi connectivity index (χ1) is 18.8. The Morgan fingerprint density at radius 1 is 0.289 bits per heavy atom. The maximum absolute atomic E-state index is 5.22. The number of aromatic nitrogens is 2. The highest BCUT2D eigenvalue weighted by molar-refractivity contribution is 6.15. The van der Waals surface area contributed by atoms with Gasteiger partial charge in [0, 0.05) is 32.7 Å². The number of pyridine rings is 2. The SMILES string of the molecule is c1ccc2c(-c3ccc4ccc5c(ccc6ccc(-c7cccc8ccccc78)nc65)c4n3)cccc2c1. The monoisotopic (exact) mass is 482 g/mol. The molecule has 0 bridgehead atoms. The number of rotatable bonds is 2. The molecule has 0 radical (unpaired) electrons. The second-order valence-electron chi connectivity index (χ2n) is 9.82. The van der Waals surface area contributed by atoms with Gasteiger partial charge in [0.1, 0.15) is 0 Å². The van der Waals surface area contributed by atoms with E-state index in [4.69, 9.17) is 9.97 Å². The fourth-order valence-corrected chi connectivity index (χ4v) is 5.78. The van der Waals surface area contributed by atoms with E-state index in [1.165, 1.54) is 21.5 Å². The van der Waals surface area contributed by atoms with Crippen molar-refractivity contribution in [2.24, 2.45) is 0 Å². The minimum atomic E-state index is 0.986. The highest BCUT2D eigenvalue weighted by Gasteiger charge is 2.12. The normalized spacial score (nSPS) is 11.7. The molecule has 6 aromatic carbocycles. The van der Waals surface area contributed by atoms with Crippen LogP contribution in [0.1, 0.15) is 0 Å². The molecule has 8 aromatic rings. The highest BCUT2D eigenvalue weighted by atomic mass is 14.7.